The van der Waals surface area contributed by atoms with Crippen molar-refractivity contribution >= 4 is 16.9 Å². The lowest BCUT2D eigenvalue weighted by Gasteiger charge is -2.45. The van der Waals surface area contributed by atoms with Gasteiger partial charge in [0.05, 0.1) is 0 Å². The van der Waals surface area contributed by atoms with E-state index >= 15 is 0 Å². The van der Waals surface area contributed by atoms with E-state index in [2.05, 4.69) is 52.6 Å². The topological polar surface area (TPSA) is 68.4 Å². The number of aromatic amines is 1. The van der Waals surface area contributed by atoms with Gasteiger partial charge < -0.3 is 15.4 Å². The molecule has 2 fully saturated rings. The van der Waals surface area contributed by atoms with Crippen LogP contribution in [0, 0.1) is 5.92 Å². The van der Waals surface area contributed by atoms with Gasteiger partial charge in [0.15, 0.2) is 0 Å². The molecule has 1 saturated carbocycles. The van der Waals surface area contributed by atoms with Crippen LogP contribution >= 0.6 is 0 Å². The van der Waals surface area contributed by atoms with Crippen LogP contribution < -0.4 is 5.32 Å². The van der Waals surface area contributed by atoms with Crippen molar-refractivity contribution in [3.05, 3.63) is 47.7 Å². The third-order valence-electron chi connectivity index (χ3n) is 6.79. The van der Waals surface area contributed by atoms with Crippen LogP contribution in [-0.4, -0.2) is 52.7 Å². The molecule has 1 aliphatic heterocycles. The zero-order chi connectivity index (χ0) is 20.2. The third kappa shape index (κ3) is 4.73. The maximum Gasteiger partial charge on any atom is 0.328 e. The minimum absolute atomic E-state index is 0.320. The molecule has 2 aliphatic rings. The molecular weight excluding hydrogens is 362 g/mol. The Bertz CT molecular complexity index is 866. The number of carboxylic acid groups (broad SMARTS) is 1. The Balaban J connectivity index is 1.45. The summed E-state index contributed by atoms with van der Waals surface area (Å²) in [7, 11) is 0. The van der Waals surface area contributed by atoms with Gasteiger partial charge in [0.1, 0.15) is 0 Å². The Morgan fingerprint density at radius 3 is 2.86 bits per heavy atom. The largest absolute Gasteiger partial charge is 0.478 e. The fourth-order valence-corrected chi connectivity index (χ4v) is 5.22. The first-order valence-corrected chi connectivity index (χ1v) is 11.1. The second-order valence-corrected chi connectivity index (χ2v) is 8.73. The number of carbonyl (C=O) groups is 1. The molecule has 2 aromatic rings. The summed E-state index contributed by atoms with van der Waals surface area (Å²) in [6.07, 6.45) is 10.3. The number of nitrogens with one attached hydrogen (secondary N) is 2. The number of aliphatic carboxylic acids is 1. The Kier molecular flexibility index (Phi) is 6.36. The highest BCUT2D eigenvalue weighted by molar-refractivity contribution is 5.83. The number of aromatic nitrogens is 1. The predicted octanol–water partition coefficient (Wildman–Crippen LogP) is 3.96. The first-order chi connectivity index (χ1) is 14.1. The lowest BCUT2D eigenvalue weighted by molar-refractivity contribution is -0.131. The number of piperidine rings is 1. The first-order valence-electron chi connectivity index (χ1n) is 11.1. The zero-order valence-electron chi connectivity index (χ0n) is 17.4. The van der Waals surface area contributed by atoms with E-state index in [0.29, 0.717) is 18.0 Å². The van der Waals surface area contributed by atoms with Gasteiger partial charge in [-0.2, -0.15) is 0 Å². The molecule has 156 valence electrons. The van der Waals surface area contributed by atoms with Gasteiger partial charge in [-0.05, 0) is 69.3 Å². The molecule has 4 rings (SSSR count). The van der Waals surface area contributed by atoms with Crippen LogP contribution in [0.5, 0.6) is 0 Å². The van der Waals surface area contributed by atoms with Gasteiger partial charge >= 0.3 is 5.97 Å². The normalized spacial score (nSPS) is 27.5. The second kappa shape index (κ2) is 9.14. The highest BCUT2D eigenvalue weighted by atomic mass is 16.4. The molecule has 1 aliphatic carbocycles. The van der Waals surface area contributed by atoms with Crippen LogP contribution in [0.4, 0.5) is 0 Å². The van der Waals surface area contributed by atoms with E-state index in [9.17, 15) is 9.90 Å². The first kappa shape index (κ1) is 20.2. The molecule has 0 amide bonds. The van der Waals surface area contributed by atoms with Crippen molar-refractivity contribution < 1.29 is 9.90 Å². The van der Waals surface area contributed by atoms with Crippen LogP contribution in [0.15, 0.2) is 42.1 Å². The Labute approximate surface area is 173 Å². The zero-order valence-corrected chi connectivity index (χ0v) is 17.4. The van der Waals surface area contributed by atoms with Gasteiger partial charge in [0.2, 0.25) is 0 Å². The van der Waals surface area contributed by atoms with E-state index in [1.807, 2.05) is 0 Å². The molecule has 1 saturated heterocycles. The number of benzene rings is 1. The number of para-hydroxylation sites is 1. The Morgan fingerprint density at radius 1 is 1.28 bits per heavy atom. The minimum atomic E-state index is -0.819. The van der Waals surface area contributed by atoms with Gasteiger partial charge in [-0.3, -0.25) is 4.90 Å². The average molecular weight is 396 g/mol. The number of nitrogens with zero attached hydrogens (tertiary/aromatic N) is 1. The number of hydrogen-bond donors (Lipinski definition) is 3. The van der Waals surface area contributed by atoms with Gasteiger partial charge in [0, 0.05) is 35.3 Å². The highest BCUT2D eigenvalue weighted by Gasteiger charge is 2.35. The summed E-state index contributed by atoms with van der Waals surface area (Å²) in [4.78, 5) is 17.3. The Morgan fingerprint density at radius 2 is 2.07 bits per heavy atom. The maximum absolute atomic E-state index is 11.3. The fraction of sp³-hybridized carbons (Fsp3) is 0.542. The van der Waals surface area contributed by atoms with Gasteiger partial charge in [-0.15, -0.1) is 0 Å². The molecule has 3 N–H and O–H groups in total. The van der Waals surface area contributed by atoms with E-state index in [4.69, 9.17) is 0 Å². The van der Waals surface area contributed by atoms with Gasteiger partial charge in [0.25, 0.3) is 0 Å². The molecule has 0 radical (unpaired) electrons. The molecule has 3 atom stereocenters. The summed E-state index contributed by atoms with van der Waals surface area (Å²) in [5.41, 5.74) is 3.61. The number of hydrogen-bond acceptors (Lipinski definition) is 3. The minimum Gasteiger partial charge on any atom is -0.478 e. The van der Waals surface area contributed by atoms with E-state index in [-0.39, 0.29) is 0 Å². The maximum atomic E-state index is 11.3. The number of rotatable bonds is 6. The fourth-order valence-electron chi connectivity index (χ4n) is 5.22. The molecule has 1 aromatic carbocycles. The average Bonchev–Trinajstić information content (AvgIpc) is 3.13. The van der Waals surface area contributed by atoms with Crippen LogP contribution in [0.1, 0.15) is 44.6 Å². The summed E-state index contributed by atoms with van der Waals surface area (Å²) < 4.78 is 0. The van der Waals surface area contributed by atoms with E-state index in [1.54, 1.807) is 0 Å². The summed E-state index contributed by atoms with van der Waals surface area (Å²) in [6.45, 7) is 5.45. The highest BCUT2D eigenvalue weighted by Crippen LogP contribution is 2.33. The number of H-pyrrole nitrogens is 1. The number of likely N-dealkylation sites (tertiary alicyclic amines) is 1. The predicted molar refractivity (Wildman–Crippen MR) is 117 cm³/mol. The van der Waals surface area contributed by atoms with Crippen molar-refractivity contribution in [1.82, 2.24) is 15.2 Å². The third-order valence-corrected chi connectivity index (χ3v) is 6.79. The lowest BCUT2D eigenvalue weighted by Crippen LogP contribution is -2.55. The van der Waals surface area contributed by atoms with Crippen molar-refractivity contribution in [3.8, 4) is 0 Å². The second-order valence-electron chi connectivity index (χ2n) is 8.73. The van der Waals surface area contributed by atoms with Crippen molar-refractivity contribution in [2.24, 2.45) is 5.92 Å². The number of carboxylic acids is 1. The quantitative estimate of drug-likeness (QED) is 0.648. The SMILES string of the molecule is CC1CC(N2CCCCC2)C(NCCc2c[nH]c3ccccc23)C/C1=C/C(=O)O. The molecule has 5 nitrogen and oxygen atoms in total. The summed E-state index contributed by atoms with van der Waals surface area (Å²) in [5, 5.41) is 14.4. The number of fused-ring (bicyclic) bond motifs is 1. The summed E-state index contributed by atoms with van der Waals surface area (Å²) in [5.74, 6) is -0.481. The van der Waals surface area contributed by atoms with Crippen molar-refractivity contribution in [2.75, 3.05) is 19.6 Å². The molecule has 2 heterocycles. The van der Waals surface area contributed by atoms with E-state index in [1.165, 1.54) is 54.9 Å². The lowest BCUT2D eigenvalue weighted by atomic mass is 9.78. The Hall–Kier alpha value is -2.11. The molecule has 0 bridgehead atoms. The molecule has 29 heavy (non-hydrogen) atoms. The van der Waals surface area contributed by atoms with Crippen LogP contribution in [-0.2, 0) is 11.2 Å². The molecular formula is C24H33N3O2. The monoisotopic (exact) mass is 395 g/mol. The van der Waals surface area contributed by atoms with Gasteiger partial charge in [-0.25, -0.2) is 4.79 Å². The molecule has 3 unspecified atom stereocenters. The van der Waals surface area contributed by atoms with Gasteiger partial charge in [-0.1, -0.05) is 37.1 Å². The van der Waals surface area contributed by atoms with Crippen LogP contribution in [0.25, 0.3) is 10.9 Å². The van der Waals surface area contributed by atoms with E-state index < -0.39 is 5.97 Å². The summed E-state index contributed by atoms with van der Waals surface area (Å²) >= 11 is 0. The van der Waals surface area contributed by atoms with Crippen molar-refractivity contribution in [1.29, 1.82) is 0 Å². The van der Waals surface area contributed by atoms with Crippen molar-refractivity contribution in [2.45, 2.75) is 57.5 Å². The summed E-state index contributed by atoms with van der Waals surface area (Å²) in [6, 6.07) is 9.26. The molecule has 1 aromatic heterocycles. The van der Waals surface area contributed by atoms with Crippen molar-refractivity contribution in [3.63, 3.8) is 0 Å². The molecule has 0 spiro atoms. The molecule has 5 heteroatoms. The standard InChI is InChI=1S/C24H33N3O2/c1-17-13-23(27-11-5-2-6-12-27)22(14-19(17)15-24(28)29)25-10-9-18-16-26-21-8-4-3-7-20(18)21/h3-4,7-8,15-17,22-23,25-26H,2,5-6,9-14H2,1H3,(H,28,29)/b19-15-. The van der Waals surface area contributed by atoms with Crippen LogP contribution in [0.2, 0.25) is 0 Å². The smallest absolute Gasteiger partial charge is 0.328 e. The van der Waals surface area contributed by atoms with E-state index in [0.717, 1.165) is 31.4 Å². The van der Waals surface area contributed by atoms with Crippen LogP contribution in [0.3, 0.4) is 0 Å².